The normalized spacial score (nSPS) is 11.4. The first-order chi connectivity index (χ1) is 9.63. The first kappa shape index (κ1) is 12.9. The average molecular weight is 276 g/mol. The van der Waals surface area contributed by atoms with E-state index in [-0.39, 0.29) is 24.0 Å². The van der Waals surface area contributed by atoms with Crippen LogP contribution in [0.2, 0.25) is 0 Å². The highest BCUT2D eigenvalue weighted by molar-refractivity contribution is 6.00. The molecule has 0 bridgehead atoms. The molecule has 102 valence electrons. The number of aliphatic hydroxyl groups is 1. The Bertz CT molecular complexity index is 812. The summed E-state index contributed by atoms with van der Waals surface area (Å²) in [5.41, 5.74) is 0.00662. The summed E-state index contributed by atoms with van der Waals surface area (Å²) in [6.07, 6.45) is -0.0577. The molecule has 0 fully saturated rings. The highest BCUT2D eigenvalue weighted by Crippen LogP contribution is 2.31. The Labute approximate surface area is 113 Å². The largest absolute Gasteiger partial charge is 0.396 e. The predicted octanol–water partition coefficient (Wildman–Crippen LogP) is 3.95. The van der Waals surface area contributed by atoms with E-state index in [2.05, 4.69) is 0 Å². The molecule has 1 N–H and O–H groups in total. The third-order valence-electron chi connectivity index (χ3n) is 3.46. The average Bonchev–Trinajstić information content (AvgIpc) is 2.48. The van der Waals surface area contributed by atoms with E-state index < -0.39 is 17.5 Å². The van der Waals surface area contributed by atoms with Crippen molar-refractivity contribution in [1.82, 2.24) is 0 Å². The van der Waals surface area contributed by atoms with Crippen molar-refractivity contribution in [2.24, 2.45) is 0 Å². The van der Waals surface area contributed by atoms with Gasteiger partial charge in [0, 0.05) is 17.6 Å². The van der Waals surface area contributed by atoms with Gasteiger partial charge in [-0.25, -0.2) is 13.2 Å². The molecular weight excluding hydrogens is 265 g/mol. The van der Waals surface area contributed by atoms with E-state index in [1.807, 2.05) is 12.1 Å². The Morgan fingerprint density at radius 2 is 1.40 bits per heavy atom. The van der Waals surface area contributed by atoms with Gasteiger partial charge in [0.25, 0.3) is 0 Å². The van der Waals surface area contributed by atoms with Crippen molar-refractivity contribution in [3.05, 3.63) is 59.4 Å². The molecule has 0 unspecified atom stereocenters. The monoisotopic (exact) mass is 276 g/mol. The third kappa shape index (κ3) is 1.84. The van der Waals surface area contributed by atoms with E-state index in [1.165, 1.54) is 6.07 Å². The number of hydrogen-bond acceptors (Lipinski definition) is 1. The summed E-state index contributed by atoms with van der Waals surface area (Å²) >= 11 is 0. The number of benzene rings is 3. The van der Waals surface area contributed by atoms with E-state index in [9.17, 15) is 13.2 Å². The lowest BCUT2D eigenvalue weighted by Crippen LogP contribution is -2.03. The highest BCUT2D eigenvalue weighted by Gasteiger charge is 2.20. The zero-order valence-corrected chi connectivity index (χ0v) is 10.5. The van der Waals surface area contributed by atoms with E-state index >= 15 is 0 Å². The molecule has 0 aliphatic rings. The van der Waals surface area contributed by atoms with Crippen LogP contribution < -0.4 is 0 Å². The summed E-state index contributed by atoms with van der Waals surface area (Å²) < 4.78 is 41.4. The summed E-state index contributed by atoms with van der Waals surface area (Å²) in [5.74, 6) is -3.90. The second-order valence-corrected chi connectivity index (χ2v) is 4.64. The van der Waals surface area contributed by atoms with Crippen molar-refractivity contribution in [2.75, 3.05) is 6.61 Å². The van der Waals surface area contributed by atoms with E-state index in [0.29, 0.717) is 5.39 Å². The van der Waals surface area contributed by atoms with Crippen LogP contribution in [0.15, 0.2) is 36.4 Å². The van der Waals surface area contributed by atoms with Gasteiger partial charge in [0.1, 0.15) is 0 Å². The highest BCUT2D eigenvalue weighted by atomic mass is 19.2. The molecule has 3 aromatic carbocycles. The molecule has 4 heteroatoms. The van der Waals surface area contributed by atoms with Crippen LogP contribution in [0, 0.1) is 17.5 Å². The van der Waals surface area contributed by atoms with Gasteiger partial charge in [0.2, 0.25) is 0 Å². The molecule has 0 aromatic heterocycles. The first-order valence-electron chi connectivity index (χ1n) is 6.22. The molecule has 0 saturated heterocycles. The number of halogens is 3. The van der Waals surface area contributed by atoms with Gasteiger partial charge in [-0.3, -0.25) is 0 Å². The fraction of sp³-hybridized carbons (Fsp3) is 0.125. The minimum Gasteiger partial charge on any atom is -0.396 e. The van der Waals surface area contributed by atoms with Crippen molar-refractivity contribution in [1.29, 1.82) is 0 Å². The molecule has 0 radical (unpaired) electrons. The molecule has 0 heterocycles. The van der Waals surface area contributed by atoms with Gasteiger partial charge in [-0.2, -0.15) is 0 Å². The molecule has 1 nitrogen and oxygen atoms in total. The molecule has 0 aliphatic heterocycles. The summed E-state index contributed by atoms with van der Waals surface area (Å²) in [7, 11) is 0. The maximum absolute atomic E-state index is 13.9. The van der Waals surface area contributed by atoms with Crippen molar-refractivity contribution < 1.29 is 18.3 Å². The first-order valence-corrected chi connectivity index (χ1v) is 6.22. The summed E-state index contributed by atoms with van der Waals surface area (Å²) in [6.45, 7) is -0.329. The van der Waals surface area contributed by atoms with Crippen LogP contribution in [-0.4, -0.2) is 11.7 Å². The van der Waals surface area contributed by atoms with Crippen molar-refractivity contribution in [2.45, 2.75) is 6.42 Å². The van der Waals surface area contributed by atoms with E-state index in [1.54, 1.807) is 18.2 Å². The molecule has 20 heavy (non-hydrogen) atoms. The summed E-state index contributed by atoms with van der Waals surface area (Å²) in [6, 6.07) is 10.3. The smallest absolute Gasteiger partial charge is 0.195 e. The molecule has 0 amide bonds. The van der Waals surface area contributed by atoms with Gasteiger partial charge < -0.3 is 5.11 Å². The van der Waals surface area contributed by atoms with Crippen LogP contribution in [0.3, 0.4) is 0 Å². The van der Waals surface area contributed by atoms with Gasteiger partial charge in [-0.05, 0) is 34.7 Å². The van der Waals surface area contributed by atoms with Crippen LogP contribution in [0.25, 0.3) is 21.5 Å². The van der Waals surface area contributed by atoms with Crippen LogP contribution in [0.5, 0.6) is 0 Å². The Morgan fingerprint density at radius 3 is 2.00 bits per heavy atom. The lowest BCUT2D eigenvalue weighted by Gasteiger charge is -2.11. The standard InChI is InChI=1S/C16H11F3O/c17-14-11(5-6-20)12-7-9-3-1-2-4-10(9)8-13(12)15(18)16(14)19/h1-4,7-8,20H,5-6H2. The Hall–Kier alpha value is -2.07. The number of aliphatic hydroxyl groups excluding tert-OH is 1. The number of fused-ring (bicyclic) bond motifs is 2. The second kappa shape index (κ2) is 4.80. The van der Waals surface area contributed by atoms with Gasteiger partial charge in [0.05, 0.1) is 0 Å². The van der Waals surface area contributed by atoms with E-state index in [4.69, 9.17) is 5.11 Å². The predicted molar refractivity (Wildman–Crippen MR) is 72.1 cm³/mol. The zero-order valence-electron chi connectivity index (χ0n) is 10.5. The lowest BCUT2D eigenvalue weighted by molar-refractivity contribution is 0.297. The van der Waals surface area contributed by atoms with Crippen molar-refractivity contribution >= 4 is 21.5 Å². The maximum Gasteiger partial charge on any atom is 0.195 e. The summed E-state index contributed by atoms with van der Waals surface area (Å²) in [5, 5.41) is 10.9. The Kier molecular flexibility index (Phi) is 3.10. The molecule has 0 aliphatic carbocycles. The Balaban J connectivity index is 2.49. The SMILES string of the molecule is OCCc1c(F)c(F)c(F)c2cc3ccccc3cc12. The van der Waals surface area contributed by atoms with Crippen LogP contribution >= 0.6 is 0 Å². The van der Waals surface area contributed by atoms with Gasteiger partial charge in [-0.15, -0.1) is 0 Å². The van der Waals surface area contributed by atoms with Gasteiger partial charge >= 0.3 is 0 Å². The van der Waals surface area contributed by atoms with Crippen molar-refractivity contribution in [3.63, 3.8) is 0 Å². The van der Waals surface area contributed by atoms with Crippen molar-refractivity contribution in [3.8, 4) is 0 Å². The minimum atomic E-state index is -1.49. The van der Waals surface area contributed by atoms with Crippen LogP contribution in [-0.2, 0) is 6.42 Å². The van der Waals surface area contributed by atoms with Gasteiger partial charge in [-0.1, -0.05) is 24.3 Å². The summed E-state index contributed by atoms with van der Waals surface area (Å²) in [4.78, 5) is 0. The molecule has 0 spiro atoms. The number of hydrogen-bond donors (Lipinski definition) is 1. The van der Waals surface area contributed by atoms with E-state index in [0.717, 1.165) is 10.8 Å². The fourth-order valence-corrected chi connectivity index (χ4v) is 2.49. The molecular formula is C16H11F3O. The number of rotatable bonds is 2. The van der Waals surface area contributed by atoms with Gasteiger partial charge in [0.15, 0.2) is 17.5 Å². The molecule has 3 rings (SSSR count). The van der Waals surface area contributed by atoms with Crippen LogP contribution in [0.4, 0.5) is 13.2 Å². The lowest BCUT2D eigenvalue weighted by atomic mass is 9.97. The molecule has 3 aromatic rings. The topological polar surface area (TPSA) is 20.2 Å². The molecule has 0 atom stereocenters. The Morgan fingerprint density at radius 1 is 0.800 bits per heavy atom. The maximum atomic E-state index is 13.9. The zero-order chi connectivity index (χ0) is 14.3. The third-order valence-corrected chi connectivity index (χ3v) is 3.46. The fourth-order valence-electron chi connectivity index (χ4n) is 2.49. The second-order valence-electron chi connectivity index (χ2n) is 4.64. The minimum absolute atomic E-state index is 0.00662. The molecule has 0 saturated carbocycles. The quantitative estimate of drug-likeness (QED) is 0.555. The van der Waals surface area contributed by atoms with Crippen LogP contribution in [0.1, 0.15) is 5.56 Å².